The van der Waals surface area contributed by atoms with Gasteiger partial charge in [0.25, 0.3) is 5.91 Å². The molecule has 1 amide bonds. The van der Waals surface area contributed by atoms with Crippen LogP contribution in [0.5, 0.6) is 0 Å². The fourth-order valence-corrected chi connectivity index (χ4v) is 3.51. The number of carboxylic acids is 1. The molecular formula is C19H23N3O4. The lowest BCUT2D eigenvalue weighted by Gasteiger charge is -2.34. The number of nitrogens with zero attached hydrogens (tertiary/aromatic N) is 3. The Labute approximate surface area is 152 Å². The Morgan fingerprint density at radius 2 is 1.88 bits per heavy atom. The summed E-state index contributed by atoms with van der Waals surface area (Å²) in [6, 6.07) is 9.57. The number of benzene rings is 1. The minimum absolute atomic E-state index is 0.0411. The second-order valence-electron chi connectivity index (χ2n) is 6.48. The Kier molecular flexibility index (Phi) is 5.37. The van der Waals surface area contributed by atoms with E-state index in [2.05, 4.69) is 5.10 Å². The monoisotopic (exact) mass is 357 g/mol. The van der Waals surface area contributed by atoms with Crippen molar-refractivity contribution in [2.75, 3.05) is 20.2 Å². The summed E-state index contributed by atoms with van der Waals surface area (Å²) in [5.74, 6) is -1.01. The van der Waals surface area contributed by atoms with Gasteiger partial charge in [0.1, 0.15) is 5.56 Å². The molecule has 138 valence electrons. The summed E-state index contributed by atoms with van der Waals surface area (Å²) in [6.07, 6.45) is 2.26. The Bertz CT molecular complexity index is 779. The van der Waals surface area contributed by atoms with E-state index in [9.17, 15) is 9.59 Å². The van der Waals surface area contributed by atoms with Crippen LogP contribution in [0.15, 0.2) is 36.5 Å². The average Bonchev–Trinajstić information content (AvgIpc) is 3.05. The summed E-state index contributed by atoms with van der Waals surface area (Å²) < 4.78 is 7.21. The predicted octanol–water partition coefficient (Wildman–Crippen LogP) is 2.44. The van der Waals surface area contributed by atoms with Gasteiger partial charge in [0.2, 0.25) is 0 Å². The van der Waals surface area contributed by atoms with E-state index in [1.54, 1.807) is 18.7 Å². The van der Waals surface area contributed by atoms with Crippen LogP contribution >= 0.6 is 0 Å². The quantitative estimate of drug-likeness (QED) is 0.888. The van der Waals surface area contributed by atoms with Crippen molar-refractivity contribution in [3.05, 3.63) is 53.3 Å². The molecule has 0 saturated carbocycles. The van der Waals surface area contributed by atoms with Gasteiger partial charge >= 0.3 is 5.97 Å². The third-order valence-corrected chi connectivity index (χ3v) is 4.96. The lowest BCUT2D eigenvalue weighted by Crippen LogP contribution is -2.42. The number of carbonyl (C=O) groups is 2. The number of piperidine rings is 1. The van der Waals surface area contributed by atoms with Crippen LogP contribution in [0.1, 0.15) is 46.6 Å². The van der Waals surface area contributed by atoms with Crippen molar-refractivity contribution in [2.24, 2.45) is 0 Å². The predicted molar refractivity (Wildman–Crippen MR) is 95.0 cm³/mol. The van der Waals surface area contributed by atoms with Crippen LogP contribution in [-0.2, 0) is 9.53 Å². The number of methoxy groups -OCH3 is 1. The molecule has 0 unspecified atom stereocenters. The summed E-state index contributed by atoms with van der Waals surface area (Å²) >= 11 is 0. The van der Waals surface area contributed by atoms with Gasteiger partial charge < -0.3 is 14.7 Å². The largest absolute Gasteiger partial charge is 0.478 e. The maximum atomic E-state index is 12.8. The van der Waals surface area contributed by atoms with Gasteiger partial charge in [-0.3, -0.25) is 9.48 Å². The summed E-state index contributed by atoms with van der Waals surface area (Å²) in [5, 5.41) is 13.4. The molecule has 0 radical (unpaired) electrons. The zero-order valence-corrected chi connectivity index (χ0v) is 15.0. The average molecular weight is 357 g/mol. The molecule has 0 aliphatic carbocycles. The Morgan fingerprint density at radius 1 is 1.23 bits per heavy atom. The minimum Gasteiger partial charge on any atom is -0.478 e. The van der Waals surface area contributed by atoms with Gasteiger partial charge in [-0.15, -0.1) is 0 Å². The zero-order valence-electron chi connectivity index (χ0n) is 15.0. The first kappa shape index (κ1) is 18.1. The highest BCUT2D eigenvalue weighted by atomic mass is 16.5. The Morgan fingerprint density at radius 3 is 2.42 bits per heavy atom. The first-order chi connectivity index (χ1) is 12.5. The highest BCUT2D eigenvalue weighted by Gasteiger charge is 2.30. The van der Waals surface area contributed by atoms with Gasteiger partial charge in [0, 0.05) is 20.2 Å². The minimum atomic E-state index is -0.966. The molecule has 1 N–H and O–H groups in total. The SMILES string of the molecule is CO[C@@H](C(=O)N1CCC(n2ncc(C(=O)O)c2C)CC1)c1ccccc1. The topological polar surface area (TPSA) is 84.7 Å². The number of hydrogen-bond acceptors (Lipinski definition) is 4. The van der Waals surface area contributed by atoms with Gasteiger partial charge in [0.05, 0.1) is 17.9 Å². The maximum absolute atomic E-state index is 12.8. The second kappa shape index (κ2) is 7.70. The van der Waals surface area contributed by atoms with Gasteiger partial charge in [0.15, 0.2) is 6.10 Å². The maximum Gasteiger partial charge on any atom is 0.339 e. The molecule has 0 spiro atoms. The highest BCUT2D eigenvalue weighted by Crippen LogP contribution is 2.27. The van der Waals surface area contributed by atoms with E-state index in [0.717, 1.165) is 18.4 Å². The number of ether oxygens (including phenoxy) is 1. The molecule has 1 saturated heterocycles. The number of amides is 1. The van der Waals surface area contributed by atoms with E-state index in [4.69, 9.17) is 9.84 Å². The van der Waals surface area contributed by atoms with Crippen molar-refractivity contribution in [2.45, 2.75) is 31.9 Å². The molecule has 2 heterocycles. The first-order valence-corrected chi connectivity index (χ1v) is 8.67. The lowest BCUT2D eigenvalue weighted by molar-refractivity contribution is -0.143. The smallest absolute Gasteiger partial charge is 0.339 e. The summed E-state index contributed by atoms with van der Waals surface area (Å²) in [6.45, 7) is 2.96. The molecule has 0 bridgehead atoms. The van der Waals surface area contributed by atoms with Crippen LogP contribution in [0.3, 0.4) is 0 Å². The normalized spacial score (nSPS) is 16.5. The molecule has 1 aliphatic rings. The third-order valence-electron chi connectivity index (χ3n) is 4.96. The van der Waals surface area contributed by atoms with E-state index in [1.807, 2.05) is 35.2 Å². The van der Waals surface area contributed by atoms with Crippen LogP contribution in [-0.4, -0.2) is 51.9 Å². The van der Waals surface area contributed by atoms with Crippen LogP contribution in [0.2, 0.25) is 0 Å². The number of aromatic carboxylic acids is 1. The fourth-order valence-electron chi connectivity index (χ4n) is 3.51. The molecule has 3 rings (SSSR count). The standard InChI is InChI=1S/C19H23N3O4/c1-13-16(19(24)25)12-20-22(13)15-8-10-21(11-9-15)18(23)17(26-2)14-6-4-3-5-7-14/h3-7,12,15,17H,8-11H2,1-2H3,(H,24,25)/t17-/m1/s1. The van der Waals surface area contributed by atoms with Gasteiger partial charge in [-0.25, -0.2) is 4.79 Å². The van der Waals surface area contributed by atoms with Crippen molar-refractivity contribution < 1.29 is 19.4 Å². The second-order valence-corrected chi connectivity index (χ2v) is 6.48. The molecule has 2 aromatic rings. The van der Waals surface area contributed by atoms with Crippen molar-refractivity contribution in [3.8, 4) is 0 Å². The molecular weight excluding hydrogens is 334 g/mol. The van der Waals surface area contributed by atoms with Crippen molar-refractivity contribution in [1.82, 2.24) is 14.7 Å². The van der Waals surface area contributed by atoms with Gasteiger partial charge in [-0.05, 0) is 25.3 Å². The number of hydrogen-bond donors (Lipinski definition) is 1. The number of carboxylic acid groups (broad SMARTS) is 1. The van der Waals surface area contributed by atoms with E-state index < -0.39 is 12.1 Å². The lowest BCUT2D eigenvalue weighted by atomic mass is 10.0. The van der Waals surface area contributed by atoms with Crippen molar-refractivity contribution >= 4 is 11.9 Å². The van der Waals surface area contributed by atoms with Crippen LogP contribution in [0.25, 0.3) is 0 Å². The summed E-state index contributed by atoms with van der Waals surface area (Å²) in [4.78, 5) is 25.8. The molecule has 1 atom stereocenters. The zero-order chi connectivity index (χ0) is 18.7. The van der Waals surface area contributed by atoms with Gasteiger partial charge in [-0.2, -0.15) is 5.10 Å². The Balaban J connectivity index is 1.66. The van der Waals surface area contributed by atoms with Crippen LogP contribution < -0.4 is 0 Å². The molecule has 1 aromatic heterocycles. The van der Waals surface area contributed by atoms with E-state index in [0.29, 0.717) is 18.8 Å². The van der Waals surface area contributed by atoms with Crippen molar-refractivity contribution in [3.63, 3.8) is 0 Å². The number of rotatable bonds is 5. The van der Waals surface area contributed by atoms with Crippen molar-refractivity contribution in [1.29, 1.82) is 0 Å². The van der Waals surface area contributed by atoms with E-state index in [1.165, 1.54) is 6.20 Å². The van der Waals surface area contributed by atoms with Gasteiger partial charge in [-0.1, -0.05) is 30.3 Å². The summed E-state index contributed by atoms with van der Waals surface area (Å²) in [5.41, 5.74) is 1.73. The fraction of sp³-hybridized carbons (Fsp3) is 0.421. The molecule has 1 fully saturated rings. The number of aromatic nitrogens is 2. The first-order valence-electron chi connectivity index (χ1n) is 8.67. The Hall–Kier alpha value is -2.67. The van der Waals surface area contributed by atoms with E-state index in [-0.39, 0.29) is 17.5 Å². The highest BCUT2D eigenvalue weighted by molar-refractivity contribution is 5.88. The van der Waals surface area contributed by atoms with Crippen LogP contribution in [0.4, 0.5) is 0 Å². The molecule has 1 aliphatic heterocycles. The molecule has 1 aromatic carbocycles. The van der Waals surface area contributed by atoms with E-state index >= 15 is 0 Å². The molecule has 7 nitrogen and oxygen atoms in total. The number of carbonyl (C=O) groups excluding carboxylic acids is 1. The summed E-state index contributed by atoms with van der Waals surface area (Å²) in [7, 11) is 1.54. The number of likely N-dealkylation sites (tertiary alicyclic amines) is 1. The molecule has 7 heteroatoms. The van der Waals surface area contributed by atoms with Crippen LogP contribution in [0, 0.1) is 6.92 Å². The molecule has 26 heavy (non-hydrogen) atoms. The third kappa shape index (κ3) is 3.48.